The fraction of sp³-hybridized carbons (Fsp3) is 0.556. The largest absolute Gasteiger partial charge is 0.481 e. The van der Waals surface area contributed by atoms with Crippen LogP contribution in [0.1, 0.15) is 37.7 Å². The third kappa shape index (κ3) is 6.20. The van der Waals surface area contributed by atoms with Gasteiger partial charge in [0.15, 0.2) is 0 Å². The average molecular weight is 334 g/mol. The fourth-order valence-electron chi connectivity index (χ4n) is 3.14. The molecule has 3 atom stereocenters. The first kappa shape index (κ1) is 18.3. The number of nitrogens with one attached hydrogen (secondary N) is 2. The number of aliphatic carboxylic acids is 1. The van der Waals surface area contributed by atoms with E-state index in [1.54, 1.807) is 0 Å². The van der Waals surface area contributed by atoms with Crippen molar-refractivity contribution in [2.24, 2.45) is 5.92 Å². The molecule has 0 saturated heterocycles. The summed E-state index contributed by atoms with van der Waals surface area (Å²) in [6, 6.07) is 9.14. The highest BCUT2D eigenvalue weighted by Gasteiger charge is 2.25. The summed E-state index contributed by atoms with van der Waals surface area (Å²) < 4.78 is 0. The Hall–Kier alpha value is -2.08. The monoisotopic (exact) mass is 334 g/mol. The lowest BCUT2D eigenvalue weighted by molar-refractivity contribution is -0.137. The zero-order valence-electron chi connectivity index (χ0n) is 13.8. The summed E-state index contributed by atoms with van der Waals surface area (Å²) in [5, 5.41) is 24.3. The standard InChI is InChI=1S/C18H26N2O4/c21-16-8-4-7-14(16)12-19-18(24)20-15(9-10-17(22)23)11-13-5-2-1-3-6-13/h1-3,5-6,14-16,21H,4,7-12H2,(H,22,23)(H2,19,20,24)/t14-,15?,16+/m0/s1. The van der Waals surface area contributed by atoms with Crippen molar-refractivity contribution in [1.82, 2.24) is 10.6 Å². The molecule has 6 nitrogen and oxygen atoms in total. The Morgan fingerprint density at radius 2 is 1.96 bits per heavy atom. The number of aliphatic hydroxyl groups excluding tert-OH is 1. The molecule has 0 aromatic heterocycles. The summed E-state index contributed by atoms with van der Waals surface area (Å²) in [6.45, 7) is 0.448. The number of amides is 2. The minimum atomic E-state index is -0.871. The summed E-state index contributed by atoms with van der Waals surface area (Å²) in [4.78, 5) is 22.9. The first-order chi connectivity index (χ1) is 11.5. The number of urea groups is 1. The lowest BCUT2D eigenvalue weighted by Crippen LogP contribution is -2.45. The van der Waals surface area contributed by atoms with Crippen molar-refractivity contribution in [1.29, 1.82) is 0 Å². The second kappa shape index (κ2) is 9.27. The van der Waals surface area contributed by atoms with Gasteiger partial charge in [-0.05, 0) is 31.2 Å². The maximum absolute atomic E-state index is 12.1. The molecule has 24 heavy (non-hydrogen) atoms. The lowest BCUT2D eigenvalue weighted by Gasteiger charge is -2.20. The van der Waals surface area contributed by atoms with E-state index in [0.29, 0.717) is 19.4 Å². The number of carboxylic acids is 1. The molecule has 1 fully saturated rings. The molecule has 1 aliphatic rings. The van der Waals surface area contributed by atoms with Gasteiger partial charge in [-0.25, -0.2) is 4.79 Å². The van der Waals surface area contributed by atoms with Crippen LogP contribution in [0.15, 0.2) is 30.3 Å². The molecule has 2 amide bonds. The minimum absolute atomic E-state index is 0.0130. The van der Waals surface area contributed by atoms with Gasteiger partial charge < -0.3 is 20.8 Å². The van der Waals surface area contributed by atoms with Crippen LogP contribution < -0.4 is 10.6 Å². The Labute approximate surface area is 142 Å². The highest BCUT2D eigenvalue weighted by molar-refractivity contribution is 5.74. The molecule has 0 spiro atoms. The van der Waals surface area contributed by atoms with Crippen LogP contribution in [-0.4, -0.2) is 40.9 Å². The van der Waals surface area contributed by atoms with E-state index in [2.05, 4.69) is 10.6 Å². The minimum Gasteiger partial charge on any atom is -0.481 e. The third-order valence-corrected chi connectivity index (χ3v) is 4.51. The molecule has 1 aromatic carbocycles. The molecule has 1 aliphatic carbocycles. The first-order valence-corrected chi connectivity index (χ1v) is 8.52. The van der Waals surface area contributed by atoms with E-state index in [9.17, 15) is 14.7 Å². The van der Waals surface area contributed by atoms with E-state index in [0.717, 1.165) is 24.8 Å². The van der Waals surface area contributed by atoms with Crippen molar-refractivity contribution in [2.45, 2.75) is 50.7 Å². The number of carboxylic acid groups (broad SMARTS) is 1. The van der Waals surface area contributed by atoms with E-state index in [1.165, 1.54) is 0 Å². The van der Waals surface area contributed by atoms with Crippen molar-refractivity contribution in [2.75, 3.05) is 6.54 Å². The zero-order valence-corrected chi connectivity index (χ0v) is 13.8. The van der Waals surface area contributed by atoms with Crippen LogP contribution in [-0.2, 0) is 11.2 Å². The van der Waals surface area contributed by atoms with E-state index >= 15 is 0 Å². The van der Waals surface area contributed by atoms with Crippen molar-refractivity contribution in [3.8, 4) is 0 Å². The highest BCUT2D eigenvalue weighted by Crippen LogP contribution is 2.24. The summed E-state index contributed by atoms with van der Waals surface area (Å²) in [7, 11) is 0. The van der Waals surface area contributed by atoms with Gasteiger partial charge in [0.2, 0.25) is 0 Å². The third-order valence-electron chi connectivity index (χ3n) is 4.51. The Balaban J connectivity index is 1.83. The topological polar surface area (TPSA) is 98.7 Å². The van der Waals surface area contributed by atoms with Crippen LogP contribution in [0.2, 0.25) is 0 Å². The maximum atomic E-state index is 12.1. The van der Waals surface area contributed by atoms with E-state index in [4.69, 9.17) is 5.11 Å². The van der Waals surface area contributed by atoms with Gasteiger partial charge in [-0.3, -0.25) is 4.79 Å². The normalized spacial score (nSPS) is 21.2. The van der Waals surface area contributed by atoms with E-state index in [-0.39, 0.29) is 30.5 Å². The summed E-state index contributed by atoms with van der Waals surface area (Å²) in [5.41, 5.74) is 1.06. The van der Waals surface area contributed by atoms with Crippen LogP contribution in [0, 0.1) is 5.92 Å². The SMILES string of the molecule is O=C(O)CCC(Cc1ccccc1)NC(=O)NC[C@@H]1CCC[C@H]1O. The number of aliphatic hydroxyl groups is 1. The summed E-state index contributed by atoms with van der Waals surface area (Å²) in [5.74, 6) is -0.758. The van der Waals surface area contributed by atoms with Gasteiger partial charge in [0, 0.05) is 24.9 Å². The predicted molar refractivity (Wildman–Crippen MR) is 90.7 cm³/mol. The Kier molecular flexibility index (Phi) is 7.06. The average Bonchev–Trinajstić information content (AvgIpc) is 2.97. The predicted octanol–water partition coefficient (Wildman–Crippen LogP) is 1.92. The van der Waals surface area contributed by atoms with Crippen molar-refractivity contribution in [3.63, 3.8) is 0 Å². The molecular formula is C18H26N2O4. The molecule has 1 saturated carbocycles. The van der Waals surface area contributed by atoms with Crippen LogP contribution >= 0.6 is 0 Å². The smallest absolute Gasteiger partial charge is 0.315 e. The van der Waals surface area contributed by atoms with Crippen LogP contribution in [0.4, 0.5) is 4.79 Å². The fourth-order valence-corrected chi connectivity index (χ4v) is 3.14. The Morgan fingerprint density at radius 1 is 1.21 bits per heavy atom. The molecule has 6 heteroatoms. The number of benzene rings is 1. The molecule has 1 unspecified atom stereocenters. The number of hydrogen-bond acceptors (Lipinski definition) is 3. The quantitative estimate of drug-likeness (QED) is 0.584. The van der Waals surface area contributed by atoms with Crippen LogP contribution in [0.25, 0.3) is 0 Å². The van der Waals surface area contributed by atoms with Gasteiger partial charge in [-0.1, -0.05) is 36.8 Å². The Morgan fingerprint density at radius 3 is 2.58 bits per heavy atom. The molecule has 0 heterocycles. The second-order valence-corrected chi connectivity index (χ2v) is 6.43. The number of carbonyl (C=O) groups excluding carboxylic acids is 1. The molecule has 0 aliphatic heterocycles. The number of rotatable bonds is 8. The van der Waals surface area contributed by atoms with Gasteiger partial charge in [0.25, 0.3) is 0 Å². The molecular weight excluding hydrogens is 308 g/mol. The molecule has 2 rings (SSSR count). The maximum Gasteiger partial charge on any atom is 0.315 e. The van der Waals surface area contributed by atoms with Crippen molar-refractivity contribution < 1.29 is 19.8 Å². The first-order valence-electron chi connectivity index (χ1n) is 8.52. The van der Waals surface area contributed by atoms with E-state index in [1.807, 2.05) is 30.3 Å². The molecule has 132 valence electrons. The second-order valence-electron chi connectivity index (χ2n) is 6.43. The summed E-state index contributed by atoms with van der Waals surface area (Å²) in [6.07, 6.45) is 3.36. The summed E-state index contributed by atoms with van der Waals surface area (Å²) >= 11 is 0. The molecule has 1 aromatic rings. The van der Waals surface area contributed by atoms with Gasteiger partial charge in [-0.2, -0.15) is 0 Å². The lowest BCUT2D eigenvalue weighted by atomic mass is 10.0. The van der Waals surface area contributed by atoms with Gasteiger partial charge >= 0.3 is 12.0 Å². The van der Waals surface area contributed by atoms with Crippen molar-refractivity contribution >= 4 is 12.0 Å². The van der Waals surface area contributed by atoms with Crippen LogP contribution in [0.3, 0.4) is 0 Å². The molecule has 4 N–H and O–H groups in total. The Bertz CT molecular complexity index is 535. The van der Waals surface area contributed by atoms with Gasteiger partial charge in [0.1, 0.15) is 0 Å². The van der Waals surface area contributed by atoms with Crippen molar-refractivity contribution in [3.05, 3.63) is 35.9 Å². The zero-order chi connectivity index (χ0) is 17.4. The molecule has 0 radical (unpaired) electrons. The highest BCUT2D eigenvalue weighted by atomic mass is 16.4. The van der Waals surface area contributed by atoms with Crippen LogP contribution in [0.5, 0.6) is 0 Å². The van der Waals surface area contributed by atoms with Gasteiger partial charge in [0.05, 0.1) is 6.10 Å². The van der Waals surface area contributed by atoms with Gasteiger partial charge in [-0.15, -0.1) is 0 Å². The number of carbonyl (C=O) groups is 2. The van der Waals surface area contributed by atoms with E-state index < -0.39 is 5.97 Å². The molecule has 0 bridgehead atoms. The number of hydrogen-bond donors (Lipinski definition) is 4.